The predicted octanol–water partition coefficient (Wildman–Crippen LogP) is -0.173. The van der Waals surface area contributed by atoms with Gasteiger partial charge >= 0.3 is 37.4 Å². The van der Waals surface area contributed by atoms with Gasteiger partial charge in [-0.1, -0.05) is 45.9 Å². The third kappa shape index (κ3) is 9.63. The molecule has 0 atom stereocenters. The largest absolute Gasteiger partial charge is 1.00 e. The van der Waals surface area contributed by atoms with Crippen molar-refractivity contribution in [3.05, 3.63) is 29.3 Å². The Kier molecular flexibility index (Phi) is 10.3. The Bertz CT molecular complexity index is 399. The molecular formula is C12H22NaO5P. The van der Waals surface area contributed by atoms with Crippen LogP contribution in [0.5, 0.6) is 5.75 Å². The molecule has 0 saturated heterocycles. The molecule has 4 N–H and O–H groups in total. The molecule has 106 valence electrons. The number of phosphoric acid groups is 1. The van der Waals surface area contributed by atoms with Gasteiger partial charge in [0, 0.05) is 0 Å². The van der Waals surface area contributed by atoms with Crippen LogP contribution in [0.2, 0.25) is 0 Å². The van der Waals surface area contributed by atoms with E-state index in [-0.39, 0.29) is 31.0 Å². The van der Waals surface area contributed by atoms with Gasteiger partial charge in [0.1, 0.15) is 5.75 Å². The first-order valence-electron chi connectivity index (χ1n) is 5.64. The van der Waals surface area contributed by atoms with E-state index >= 15 is 0 Å². The van der Waals surface area contributed by atoms with Crippen molar-refractivity contribution in [1.82, 2.24) is 0 Å². The first-order valence-corrected chi connectivity index (χ1v) is 7.20. The van der Waals surface area contributed by atoms with Crippen molar-refractivity contribution in [1.29, 1.82) is 0 Å². The molecular weight excluding hydrogens is 278 g/mol. The van der Waals surface area contributed by atoms with E-state index in [0.717, 1.165) is 11.1 Å². The predicted molar refractivity (Wildman–Crippen MR) is 71.7 cm³/mol. The SMILES string of the molecule is CC(C)c1cccc(C(C)C)c1O.O=P(O)(O)O.[H-].[Na+]. The van der Waals surface area contributed by atoms with Crippen LogP contribution in [0.3, 0.4) is 0 Å². The van der Waals surface area contributed by atoms with E-state index in [1.165, 1.54) is 0 Å². The Morgan fingerprint density at radius 1 is 1.00 bits per heavy atom. The molecule has 0 amide bonds. The van der Waals surface area contributed by atoms with Crippen LogP contribution >= 0.6 is 7.82 Å². The molecule has 19 heavy (non-hydrogen) atoms. The molecule has 1 aromatic rings. The summed E-state index contributed by atoms with van der Waals surface area (Å²) in [4.78, 5) is 21.6. The molecule has 0 bridgehead atoms. The molecule has 0 unspecified atom stereocenters. The van der Waals surface area contributed by atoms with Crippen LogP contribution in [0, 0.1) is 0 Å². The van der Waals surface area contributed by atoms with Crippen molar-refractivity contribution in [3.8, 4) is 5.75 Å². The van der Waals surface area contributed by atoms with Crippen LogP contribution in [-0.4, -0.2) is 19.8 Å². The smallest absolute Gasteiger partial charge is 1.00 e. The van der Waals surface area contributed by atoms with Gasteiger partial charge in [0.05, 0.1) is 0 Å². The Morgan fingerprint density at radius 3 is 1.47 bits per heavy atom. The van der Waals surface area contributed by atoms with Crippen LogP contribution in [-0.2, 0) is 4.57 Å². The number of benzene rings is 1. The molecule has 0 aliphatic carbocycles. The number of rotatable bonds is 2. The van der Waals surface area contributed by atoms with Gasteiger partial charge in [-0.3, -0.25) is 0 Å². The molecule has 0 fully saturated rings. The van der Waals surface area contributed by atoms with Gasteiger partial charge in [0.15, 0.2) is 0 Å². The normalized spacial score (nSPS) is 10.8. The molecule has 0 heterocycles. The van der Waals surface area contributed by atoms with E-state index in [1.807, 2.05) is 18.2 Å². The number of hydrogen-bond acceptors (Lipinski definition) is 2. The summed E-state index contributed by atoms with van der Waals surface area (Å²) in [6, 6.07) is 6.00. The first kappa shape index (κ1) is 21.4. The van der Waals surface area contributed by atoms with E-state index in [0.29, 0.717) is 17.6 Å². The fraction of sp³-hybridized carbons (Fsp3) is 0.500. The van der Waals surface area contributed by atoms with Gasteiger partial charge in [0.2, 0.25) is 0 Å². The molecule has 0 saturated carbocycles. The van der Waals surface area contributed by atoms with Crippen molar-refractivity contribution < 1.29 is 55.3 Å². The zero-order valence-electron chi connectivity index (χ0n) is 13.0. The average molecular weight is 300 g/mol. The zero-order valence-corrected chi connectivity index (χ0v) is 14.9. The minimum Gasteiger partial charge on any atom is -1.00 e. The number of aromatic hydroxyl groups is 1. The molecule has 7 heteroatoms. The summed E-state index contributed by atoms with van der Waals surface area (Å²) in [7, 11) is -4.64. The number of phenolic OH excluding ortho intramolecular Hbond substituents is 1. The standard InChI is InChI=1S/C12H18O.Na.H3O4P.H/c1-8(2)10-6-5-7-11(9(3)4)12(10)13;;1-5(2,3)4;/h5-9,13H,1-4H3;;(H3,1,2,3,4);/q;+1;;-1. The minimum absolute atomic E-state index is 0. The number of hydrogen-bond donors (Lipinski definition) is 4. The van der Waals surface area contributed by atoms with E-state index < -0.39 is 7.82 Å². The topological polar surface area (TPSA) is 98.0 Å². The Hall–Kier alpha value is 0.130. The molecule has 0 radical (unpaired) electrons. The Labute approximate surface area is 137 Å². The van der Waals surface area contributed by atoms with Crippen molar-refractivity contribution in [2.24, 2.45) is 0 Å². The molecule has 0 aliphatic heterocycles. The summed E-state index contributed by atoms with van der Waals surface area (Å²) < 4.78 is 8.88. The molecule has 0 aliphatic rings. The third-order valence-electron chi connectivity index (χ3n) is 2.34. The van der Waals surface area contributed by atoms with Gasteiger partial charge in [-0.25, -0.2) is 4.57 Å². The zero-order chi connectivity index (χ0) is 14.5. The van der Waals surface area contributed by atoms with Crippen molar-refractivity contribution in [3.63, 3.8) is 0 Å². The molecule has 1 rings (SSSR count). The van der Waals surface area contributed by atoms with Gasteiger partial charge in [-0.2, -0.15) is 0 Å². The second-order valence-electron chi connectivity index (χ2n) is 4.61. The van der Waals surface area contributed by atoms with E-state index in [2.05, 4.69) is 27.7 Å². The maximum Gasteiger partial charge on any atom is 1.00 e. The summed E-state index contributed by atoms with van der Waals surface area (Å²) in [6.07, 6.45) is 0. The summed E-state index contributed by atoms with van der Waals surface area (Å²) in [6.45, 7) is 8.39. The van der Waals surface area contributed by atoms with Gasteiger partial charge in [-0.15, -0.1) is 0 Å². The van der Waals surface area contributed by atoms with Crippen LogP contribution in [0.1, 0.15) is 52.1 Å². The summed E-state index contributed by atoms with van der Waals surface area (Å²) >= 11 is 0. The third-order valence-corrected chi connectivity index (χ3v) is 2.34. The molecule has 5 nitrogen and oxygen atoms in total. The Balaban J connectivity index is -0.000000361. The first-order chi connectivity index (χ1) is 8.04. The van der Waals surface area contributed by atoms with Crippen LogP contribution < -0.4 is 29.6 Å². The van der Waals surface area contributed by atoms with Gasteiger partial charge in [0.25, 0.3) is 0 Å². The molecule has 1 aromatic carbocycles. The summed E-state index contributed by atoms with van der Waals surface area (Å²) in [5.74, 6) is 1.25. The number of para-hydroxylation sites is 1. The average Bonchev–Trinajstić information content (AvgIpc) is 2.14. The summed E-state index contributed by atoms with van der Waals surface area (Å²) in [5.41, 5.74) is 2.09. The Morgan fingerprint density at radius 2 is 1.26 bits per heavy atom. The van der Waals surface area contributed by atoms with Crippen LogP contribution in [0.25, 0.3) is 0 Å². The second kappa shape index (κ2) is 9.14. The minimum atomic E-state index is -4.64. The fourth-order valence-corrected chi connectivity index (χ4v) is 1.51. The van der Waals surface area contributed by atoms with Crippen molar-refractivity contribution in [2.75, 3.05) is 0 Å². The van der Waals surface area contributed by atoms with Crippen molar-refractivity contribution >= 4 is 7.82 Å². The maximum atomic E-state index is 9.93. The molecule has 0 spiro atoms. The quantitative estimate of drug-likeness (QED) is 0.449. The van der Waals surface area contributed by atoms with Crippen LogP contribution in [0.15, 0.2) is 18.2 Å². The van der Waals surface area contributed by atoms with Crippen molar-refractivity contribution in [2.45, 2.75) is 39.5 Å². The monoisotopic (exact) mass is 300 g/mol. The van der Waals surface area contributed by atoms with E-state index in [9.17, 15) is 5.11 Å². The van der Waals surface area contributed by atoms with E-state index in [4.69, 9.17) is 19.2 Å². The van der Waals surface area contributed by atoms with Gasteiger partial charge in [-0.05, 0) is 23.0 Å². The summed E-state index contributed by atoms with van der Waals surface area (Å²) in [5, 5.41) is 9.93. The maximum absolute atomic E-state index is 9.93. The number of phenols is 1. The molecule has 0 aromatic heterocycles. The fourth-order valence-electron chi connectivity index (χ4n) is 1.51. The van der Waals surface area contributed by atoms with Gasteiger partial charge < -0.3 is 21.2 Å². The van der Waals surface area contributed by atoms with E-state index in [1.54, 1.807) is 0 Å². The second-order valence-corrected chi connectivity index (χ2v) is 5.63. The van der Waals surface area contributed by atoms with Crippen LogP contribution in [0.4, 0.5) is 0 Å².